The molecule has 1 rings (SSSR count). The molecule has 0 aromatic rings. The highest BCUT2D eigenvalue weighted by atomic mass is 19.3. The van der Waals surface area contributed by atoms with E-state index in [-0.39, 0.29) is 0 Å². The van der Waals surface area contributed by atoms with Gasteiger partial charge in [0, 0.05) is 6.54 Å². The number of nitrogens with one attached hydrogen (secondary N) is 1. The lowest BCUT2D eigenvalue weighted by molar-refractivity contribution is 0.0188. The summed E-state index contributed by atoms with van der Waals surface area (Å²) in [5.41, 5.74) is 0. The number of hydrogen-bond donors (Lipinski definition) is 1. The van der Waals surface area contributed by atoms with E-state index in [4.69, 9.17) is 4.74 Å². The number of hydrogen-bond acceptors (Lipinski definition) is 2. The Morgan fingerprint density at radius 2 is 2.08 bits per heavy atom. The van der Waals surface area contributed by atoms with Crippen LogP contribution in [0.5, 0.6) is 0 Å². The van der Waals surface area contributed by atoms with Gasteiger partial charge in [-0.05, 0) is 18.9 Å². The summed E-state index contributed by atoms with van der Waals surface area (Å²) in [5, 5.41) is 3.16. The molecule has 13 heavy (non-hydrogen) atoms. The topological polar surface area (TPSA) is 21.3 Å². The maximum absolute atomic E-state index is 11.6. The summed E-state index contributed by atoms with van der Waals surface area (Å²) in [6.45, 7) is 1.61. The molecule has 0 heterocycles. The van der Waals surface area contributed by atoms with Crippen molar-refractivity contribution >= 4 is 0 Å². The molecule has 0 amide bonds. The summed E-state index contributed by atoms with van der Waals surface area (Å²) < 4.78 is 27.9. The molecule has 0 aromatic carbocycles. The zero-order valence-corrected chi connectivity index (χ0v) is 7.77. The van der Waals surface area contributed by atoms with Crippen LogP contribution in [-0.2, 0) is 4.74 Å². The third kappa shape index (κ3) is 6.90. The second kappa shape index (κ2) is 6.27. The average molecular weight is 193 g/mol. The van der Waals surface area contributed by atoms with Crippen LogP contribution in [0.1, 0.15) is 19.3 Å². The quantitative estimate of drug-likeness (QED) is 0.592. The molecule has 0 bridgehead atoms. The van der Waals surface area contributed by atoms with E-state index in [0.717, 1.165) is 12.5 Å². The van der Waals surface area contributed by atoms with Crippen LogP contribution < -0.4 is 5.32 Å². The van der Waals surface area contributed by atoms with Crippen molar-refractivity contribution in [3.05, 3.63) is 0 Å². The van der Waals surface area contributed by atoms with Crippen molar-refractivity contribution in [3.8, 4) is 0 Å². The Labute approximate surface area is 77.6 Å². The fourth-order valence-corrected chi connectivity index (χ4v) is 1.15. The molecular formula is C9H17F2NO. The average Bonchev–Trinajstić information content (AvgIpc) is 2.86. The normalized spacial score (nSPS) is 16.8. The number of alkyl halides is 2. The second-order valence-corrected chi connectivity index (χ2v) is 3.45. The Hall–Kier alpha value is -0.220. The van der Waals surface area contributed by atoms with E-state index in [2.05, 4.69) is 5.32 Å². The molecule has 0 spiro atoms. The van der Waals surface area contributed by atoms with Gasteiger partial charge in [-0.3, -0.25) is 0 Å². The molecule has 0 atom stereocenters. The van der Waals surface area contributed by atoms with Gasteiger partial charge in [0.1, 0.15) is 6.61 Å². The Morgan fingerprint density at radius 3 is 2.69 bits per heavy atom. The minimum absolute atomic E-state index is 0.384. The summed E-state index contributed by atoms with van der Waals surface area (Å²) >= 11 is 0. The first-order valence-electron chi connectivity index (χ1n) is 4.85. The molecule has 1 N–H and O–H groups in total. The van der Waals surface area contributed by atoms with E-state index in [9.17, 15) is 8.78 Å². The van der Waals surface area contributed by atoms with E-state index in [1.54, 1.807) is 0 Å². The first-order chi connectivity index (χ1) is 6.29. The molecule has 2 nitrogen and oxygen atoms in total. The molecule has 1 saturated carbocycles. The van der Waals surface area contributed by atoms with Crippen LogP contribution in [0.2, 0.25) is 0 Å². The van der Waals surface area contributed by atoms with Crippen LogP contribution in [0.3, 0.4) is 0 Å². The van der Waals surface area contributed by atoms with Gasteiger partial charge in [-0.2, -0.15) is 0 Å². The molecule has 0 radical (unpaired) electrons. The number of ether oxygens (including phenoxy) is 1. The van der Waals surface area contributed by atoms with Gasteiger partial charge >= 0.3 is 0 Å². The molecule has 4 heteroatoms. The van der Waals surface area contributed by atoms with Gasteiger partial charge in [-0.1, -0.05) is 12.8 Å². The van der Waals surface area contributed by atoms with Crippen molar-refractivity contribution in [1.82, 2.24) is 5.32 Å². The predicted octanol–water partition coefficient (Wildman–Crippen LogP) is 1.66. The molecular weight excluding hydrogens is 176 g/mol. The standard InChI is InChI=1S/C9H17F2NO/c10-9(11)7-13-6-5-12-4-3-8-1-2-8/h8-9,12H,1-7H2. The van der Waals surface area contributed by atoms with Gasteiger partial charge in [0.15, 0.2) is 0 Å². The maximum atomic E-state index is 11.6. The highest BCUT2D eigenvalue weighted by molar-refractivity contribution is 4.73. The van der Waals surface area contributed by atoms with Crippen LogP contribution in [0, 0.1) is 5.92 Å². The summed E-state index contributed by atoms with van der Waals surface area (Å²) in [4.78, 5) is 0. The van der Waals surface area contributed by atoms with Gasteiger partial charge in [-0.25, -0.2) is 8.78 Å². The Bertz CT molecular complexity index is 123. The van der Waals surface area contributed by atoms with Crippen LogP contribution in [0.4, 0.5) is 8.78 Å². The first-order valence-corrected chi connectivity index (χ1v) is 4.85. The summed E-state index contributed by atoms with van der Waals surface area (Å²) in [5.74, 6) is 0.925. The van der Waals surface area contributed by atoms with Crippen molar-refractivity contribution in [1.29, 1.82) is 0 Å². The highest BCUT2D eigenvalue weighted by Crippen LogP contribution is 2.31. The third-order valence-corrected chi connectivity index (χ3v) is 2.09. The van der Waals surface area contributed by atoms with E-state index < -0.39 is 13.0 Å². The minimum atomic E-state index is -2.34. The largest absolute Gasteiger partial charge is 0.374 e. The van der Waals surface area contributed by atoms with E-state index in [1.807, 2.05) is 0 Å². The van der Waals surface area contributed by atoms with Crippen molar-refractivity contribution in [3.63, 3.8) is 0 Å². The maximum Gasteiger partial charge on any atom is 0.261 e. The van der Waals surface area contributed by atoms with Crippen LogP contribution in [0.25, 0.3) is 0 Å². The van der Waals surface area contributed by atoms with Gasteiger partial charge < -0.3 is 10.1 Å². The van der Waals surface area contributed by atoms with Crippen molar-refractivity contribution in [2.24, 2.45) is 5.92 Å². The molecule has 0 saturated heterocycles. The van der Waals surface area contributed by atoms with Crippen molar-refractivity contribution in [2.45, 2.75) is 25.7 Å². The summed E-state index contributed by atoms with van der Waals surface area (Å²) in [6.07, 6.45) is 1.61. The van der Waals surface area contributed by atoms with Crippen LogP contribution in [-0.4, -0.2) is 32.7 Å². The van der Waals surface area contributed by atoms with Gasteiger partial charge in [0.05, 0.1) is 6.61 Å². The fourth-order valence-electron chi connectivity index (χ4n) is 1.15. The van der Waals surface area contributed by atoms with Crippen molar-refractivity contribution < 1.29 is 13.5 Å². The molecule has 1 aliphatic carbocycles. The Kier molecular flexibility index (Phi) is 5.23. The third-order valence-electron chi connectivity index (χ3n) is 2.09. The lowest BCUT2D eigenvalue weighted by atomic mass is 10.3. The Balaban J connectivity index is 1.68. The van der Waals surface area contributed by atoms with Gasteiger partial charge in [-0.15, -0.1) is 0 Å². The first kappa shape index (κ1) is 10.9. The smallest absolute Gasteiger partial charge is 0.261 e. The molecule has 78 valence electrons. The molecule has 1 fully saturated rings. The Morgan fingerprint density at radius 1 is 1.31 bits per heavy atom. The monoisotopic (exact) mass is 193 g/mol. The van der Waals surface area contributed by atoms with Crippen LogP contribution in [0.15, 0.2) is 0 Å². The zero-order chi connectivity index (χ0) is 9.52. The minimum Gasteiger partial charge on any atom is -0.374 e. The number of rotatable bonds is 8. The zero-order valence-electron chi connectivity index (χ0n) is 7.77. The summed E-state index contributed by atoms with van der Waals surface area (Å²) in [6, 6.07) is 0. The van der Waals surface area contributed by atoms with E-state index >= 15 is 0 Å². The number of halogens is 2. The van der Waals surface area contributed by atoms with Gasteiger partial charge in [0.25, 0.3) is 6.43 Å². The fraction of sp³-hybridized carbons (Fsp3) is 1.00. The second-order valence-electron chi connectivity index (χ2n) is 3.45. The lowest BCUT2D eigenvalue weighted by Gasteiger charge is -2.04. The van der Waals surface area contributed by atoms with E-state index in [0.29, 0.717) is 13.2 Å². The van der Waals surface area contributed by atoms with Crippen molar-refractivity contribution in [2.75, 3.05) is 26.3 Å². The molecule has 0 aromatic heterocycles. The SMILES string of the molecule is FC(F)COCCNCCC1CC1. The van der Waals surface area contributed by atoms with Crippen LogP contribution >= 0.6 is 0 Å². The molecule has 0 unspecified atom stereocenters. The van der Waals surface area contributed by atoms with Gasteiger partial charge in [0.2, 0.25) is 0 Å². The predicted molar refractivity (Wildman–Crippen MR) is 47.0 cm³/mol. The highest BCUT2D eigenvalue weighted by Gasteiger charge is 2.19. The van der Waals surface area contributed by atoms with E-state index in [1.165, 1.54) is 19.3 Å². The summed E-state index contributed by atoms with van der Waals surface area (Å²) in [7, 11) is 0. The lowest BCUT2D eigenvalue weighted by Crippen LogP contribution is -2.22. The molecule has 0 aliphatic heterocycles. The molecule has 1 aliphatic rings.